The van der Waals surface area contributed by atoms with E-state index in [2.05, 4.69) is 10.4 Å². The molecule has 0 saturated carbocycles. The maximum absolute atomic E-state index is 13.5. The van der Waals surface area contributed by atoms with Crippen LogP contribution in [0.3, 0.4) is 0 Å². The molecule has 0 saturated heterocycles. The molecule has 0 spiro atoms. The minimum atomic E-state index is -0.308. The van der Waals surface area contributed by atoms with Crippen molar-refractivity contribution in [3.05, 3.63) is 53.1 Å². The molecule has 1 aliphatic heterocycles. The number of nitrogens with zero attached hydrogens (tertiary/aromatic N) is 2. The standard InChI is InChI=1S/C15H16FN3O/c16-13-7-2-1-5-11(13)10-17-15(20)14-9-12-6-3-4-8-19(12)18-14/h1-2,5,7,9H,3-4,6,8,10H2,(H,17,20). The number of hydrogen-bond donors (Lipinski definition) is 1. The average Bonchev–Trinajstić information content (AvgIpc) is 2.90. The second-order valence-corrected chi connectivity index (χ2v) is 4.98. The molecule has 2 aromatic rings. The first kappa shape index (κ1) is 12.8. The minimum absolute atomic E-state index is 0.174. The van der Waals surface area contributed by atoms with Crippen molar-refractivity contribution in [2.45, 2.75) is 32.4 Å². The van der Waals surface area contributed by atoms with E-state index < -0.39 is 0 Å². The first-order valence-corrected chi connectivity index (χ1v) is 6.82. The summed E-state index contributed by atoms with van der Waals surface area (Å²) in [5.74, 6) is -0.563. The van der Waals surface area contributed by atoms with E-state index in [0.29, 0.717) is 11.3 Å². The number of rotatable bonds is 3. The third-order valence-electron chi connectivity index (χ3n) is 3.55. The van der Waals surface area contributed by atoms with E-state index in [4.69, 9.17) is 0 Å². The molecule has 0 atom stereocenters. The molecule has 1 aromatic heterocycles. The second-order valence-electron chi connectivity index (χ2n) is 4.98. The van der Waals surface area contributed by atoms with E-state index in [1.165, 1.54) is 6.07 Å². The molecular weight excluding hydrogens is 257 g/mol. The highest BCUT2D eigenvalue weighted by atomic mass is 19.1. The number of fused-ring (bicyclic) bond motifs is 1. The van der Waals surface area contributed by atoms with Crippen LogP contribution in [0.15, 0.2) is 30.3 Å². The number of nitrogens with one attached hydrogen (secondary N) is 1. The monoisotopic (exact) mass is 273 g/mol. The van der Waals surface area contributed by atoms with Gasteiger partial charge in [-0.1, -0.05) is 18.2 Å². The Morgan fingerprint density at radius 1 is 1.35 bits per heavy atom. The van der Waals surface area contributed by atoms with Gasteiger partial charge in [0, 0.05) is 24.3 Å². The van der Waals surface area contributed by atoms with E-state index >= 15 is 0 Å². The Hall–Kier alpha value is -2.17. The molecule has 2 heterocycles. The van der Waals surface area contributed by atoms with Crippen LogP contribution < -0.4 is 5.32 Å². The lowest BCUT2D eigenvalue weighted by Gasteiger charge is -2.11. The molecule has 20 heavy (non-hydrogen) atoms. The Bertz CT molecular complexity index is 612. The van der Waals surface area contributed by atoms with Crippen LogP contribution in [0.25, 0.3) is 0 Å². The smallest absolute Gasteiger partial charge is 0.272 e. The highest BCUT2D eigenvalue weighted by Gasteiger charge is 2.16. The van der Waals surface area contributed by atoms with Crippen LogP contribution >= 0.6 is 0 Å². The summed E-state index contributed by atoms with van der Waals surface area (Å²) in [7, 11) is 0. The largest absolute Gasteiger partial charge is 0.346 e. The van der Waals surface area contributed by atoms with Crippen molar-refractivity contribution in [1.29, 1.82) is 0 Å². The van der Waals surface area contributed by atoms with Gasteiger partial charge in [-0.05, 0) is 31.4 Å². The zero-order valence-electron chi connectivity index (χ0n) is 11.1. The Kier molecular flexibility index (Phi) is 3.50. The zero-order chi connectivity index (χ0) is 13.9. The number of carbonyl (C=O) groups is 1. The third-order valence-corrected chi connectivity index (χ3v) is 3.55. The van der Waals surface area contributed by atoms with E-state index in [9.17, 15) is 9.18 Å². The lowest BCUT2D eigenvalue weighted by Crippen LogP contribution is -2.24. The molecule has 0 unspecified atom stereocenters. The van der Waals surface area contributed by atoms with Gasteiger partial charge in [0.25, 0.3) is 5.91 Å². The summed E-state index contributed by atoms with van der Waals surface area (Å²) in [5, 5.41) is 7.01. The van der Waals surface area contributed by atoms with Gasteiger partial charge in [-0.3, -0.25) is 9.48 Å². The molecule has 0 aliphatic carbocycles. The van der Waals surface area contributed by atoms with E-state index in [1.807, 2.05) is 10.7 Å². The molecule has 0 fully saturated rings. The first-order chi connectivity index (χ1) is 9.74. The minimum Gasteiger partial charge on any atom is -0.346 e. The molecule has 1 N–H and O–H groups in total. The fraction of sp³-hybridized carbons (Fsp3) is 0.333. The van der Waals surface area contributed by atoms with E-state index in [-0.39, 0.29) is 18.3 Å². The van der Waals surface area contributed by atoms with Gasteiger partial charge in [0.15, 0.2) is 0 Å². The molecule has 4 nitrogen and oxygen atoms in total. The quantitative estimate of drug-likeness (QED) is 0.932. The van der Waals surface area contributed by atoms with Crippen molar-refractivity contribution in [3.63, 3.8) is 0 Å². The van der Waals surface area contributed by atoms with Gasteiger partial charge in [-0.15, -0.1) is 0 Å². The second kappa shape index (κ2) is 5.45. The van der Waals surface area contributed by atoms with Gasteiger partial charge in [0.05, 0.1) is 0 Å². The Balaban J connectivity index is 1.67. The summed E-state index contributed by atoms with van der Waals surface area (Å²) in [5.41, 5.74) is 2.00. The summed E-state index contributed by atoms with van der Waals surface area (Å²) < 4.78 is 15.3. The lowest BCUT2D eigenvalue weighted by atomic mass is 10.1. The van der Waals surface area contributed by atoms with Crippen LogP contribution in [0.5, 0.6) is 0 Å². The van der Waals surface area contributed by atoms with Gasteiger partial charge in [-0.2, -0.15) is 5.10 Å². The summed E-state index contributed by atoms with van der Waals surface area (Å²) in [6, 6.07) is 8.25. The van der Waals surface area contributed by atoms with Crippen LogP contribution in [0.1, 0.15) is 34.6 Å². The van der Waals surface area contributed by atoms with Gasteiger partial charge in [-0.25, -0.2) is 4.39 Å². The van der Waals surface area contributed by atoms with Gasteiger partial charge < -0.3 is 5.32 Å². The molecule has 3 rings (SSSR count). The highest BCUT2D eigenvalue weighted by Crippen LogP contribution is 2.15. The molecule has 0 radical (unpaired) electrons. The number of aryl methyl sites for hydroxylation is 2. The van der Waals surface area contributed by atoms with Crippen LogP contribution in [0.4, 0.5) is 4.39 Å². The van der Waals surface area contributed by atoms with Gasteiger partial charge >= 0.3 is 0 Å². The maximum Gasteiger partial charge on any atom is 0.272 e. The Morgan fingerprint density at radius 2 is 2.20 bits per heavy atom. The number of amides is 1. The molecule has 1 amide bonds. The predicted molar refractivity (Wildman–Crippen MR) is 72.7 cm³/mol. The first-order valence-electron chi connectivity index (χ1n) is 6.82. The molecular formula is C15H16FN3O. The number of aromatic nitrogens is 2. The molecule has 0 bridgehead atoms. The predicted octanol–water partition coefficient (Wildman–Crippen LogP) is 2.29. The van der Waals surface area contributed by atoms with Crippen LogP contribution in [-0.4, -0.2) is 15.7 Å². The zero-order valence-corrected chi connectivity index (χ0v) is 11.1. The summed E-state index contributed by atoms with van der Waals surface area (Å²) in [4.78, 5) is 12.0. The van der Waals surface area contributed by atoms with E-state index in [1.54, 1.807) is 18.2 Å². The normalized spacial score (nSPS) is 13.8. The molecule has 5 heteroatoms. The van der Waals surface area contributed by atoms with Crippen molar-refractivity contribution in [3.8, 4) is 0 Å². The number of benzene rings is 1. The molecule has 1 aromatic carbocycles. The van der Waals surface area contributed by atoms with Crippen LogP contribution in [0.2, 0.25) is 0 Å². The number of hydrogen-bond acceptors (Lipinski definition) is 2. The van der Waals surface area contributed by atoms with E-state index in [0.717, 1.165) is 31.5 Å². The van der Waals surface area contributed by atoms with Gasteiger partial charge in [0.1, 0.15) is 11.5 Å². The topological polar surface area (TPSA) is 46.9 Å². The van der Waals surface area contributed by atoms with Crippen molar-refractivity contribution in [1.82, 2.24) is 15.1 Å². The highest BCUT2D eigenvalue weighted by molar-refractivity contribution is 5.92. The number of carbonyl (C=O) groups excluding carboxylic acids is 1. The average molecular weight is 273 g/mol. The summed E-state index contributed by atoms with van der Waals surface area (Å²) in [6.45, 7) is 1.05. The Labute approximate surface area is 116 Å². The van der Waals surface area contributed by atoms with Crippen molar-refractivity contribution >= 4 is 5.91 Å². The molecule has 104 valence electrons. The van der Waals surface area contributed by atoms with Crippen LogP contribution in [-0.2, 0) is 19.5 Å². The fourth-order valence-electron chi connectivity index (χ4n) is 2.44. The van der Waals surface area contributed by atoms with Crippen molar-refractivity contribution in [2.24, 2.45) is 0 Å². The molecule has 1 aliphatic rings. The van der Waals surface area contributed by atoms with Crippen molar-refractivity contribution in [2.75, 3.05) is 0 Å². The maximum atomic E-state index is 13.5. The third kappa shape index (κ3) is 2.57. The fourth-order valence-corrected chi connectivity index (χ4v) is 2.44. The van der Waals surface area contributed by atoms with Gasteiger partial charge in [0.2, 0.25) is 0 Å². The lowest BCUT2D eigenvalue weighted by molar-refractivity contribution is 0.0944. The Morgan fingerprint density at radius 3 is 3.00 bits per heavy atom. The summed E-state index contributed by atoms with van der Waals surface area (Å²) in [6.07, 6.45) is 3.21. The van der Waals surface area contributed by atoms with Crippen molar-refractivity contribution < 1.29 is 9.18 Å². The summed E-state index contributed by atoms with van der Waals surface area (Å²) >= 11 is 0. The number of halogens is 1. The SMILES string of the molecule is O=C(NCc1ccccc1F)c1cc2n(n1)CCCC2. The van der Waals surface area contributed by atoms with Crippen LogP contribution in [0, 0.1) is 5.82 Å².